The van der Waals surface area contributed by atoms with E-state index in [1.807, 2.05) is 29.7 Å². The van der Waals surface area contributed by atoms with E-state index < -0.39 is 10.0 Å². The average Bonchev–Trinajstić information content (AvgIpc) is 3.16. The van der Waals surface area contributed by atoms with Gasteiger partial charge < -0.3 is 9.88 Å². The highest BCUT2D eigenvalue weighted by Gasteiger charge is 2.17. The zero-order valence-corrected chi connectivity index (χ0v) is 18.4. The summed E-state index contributed by atoms with van der Waals surface area (Å²) in [4.78, 5) is 16.8. The molecule has 3 rings (SSSR count). The van der Waals surface area contributed by atoms with Crippen LogP contribution >= 0.6 is 11.8 Å². The highest BCUT2D eigenvalue weighted by Crippen LogP contribution is 2.23. The van der Waals surface area contributed by atoms with Crippen molar-refractivity contribution >= 4 is 33.4 Å². The van der Waals surface area contributed by atoms with Crippen molar-refractivity contribution in [3.63, 3.8) is 0 Å². The Balaban J connectivity index is 1.63. The van der Waals surface area contributed by atoms with E-state index in [1.165, 1.54) is 38.0 Å². The lowest BCUT2D eigenvalue weighted by Crippen LogP contribution is -2.22. The SMILES string of the molecule is CCn1c(SCC(=O)Nc2ccc(S(=O)(=O)N(C)C)cc2)nnc1-c1ccccn1. The topological polar surface area (TPSA) is 110 Å². The van der Waals surface area contributed by atoms with Crippen molar-refractivity contribution in [2.24, 2.45) is 0 Å². The Morgan fingerprint density at radius 2 is 1.87 bits per heavy atom. The van der Waals surface area contributed by atoms with Crippen LogP contribution in [0.1, 0.15) is 6.92 Å². The van der Waals surface area contributed by atoms with E-state index in [0.717, 1.165) is 10.00 Å². The summed E-state index contributed by atoms with van der Waals surface area (Å²) < 4.78 is 27.3. The molecule has 0 saturated carbocycles. The third-order valence-corrected chi connectivity index (χ3v) is 6.97. The molecule has 0 fully saturated rings. The number of carbonyl (C=O) groups is 1. The second-order valence-corrected chi connectivity index (χ2v) is 9.51. The number of nitrogens with one attached hydrogen (secondary N) is 1. The first-order valence-electron chi connectivity index (χ1n) is 9.12. The lowest BCUT2D eigenvalue weighted by molar-refractivity contribution is -0.113. The molecule has 2 aromatic heterocycles. The predicted molar refractivity (Wildman–Crippen MR) is 116 cm³/mol. The molecular weight excluding hydrogens is 424 g/mol. The molecule has 30 heavy (non-hydrogen) atoms. The van der Waals surface area contributed by atoms with Crippen LogP contribution in [0.25, 0.3) is 11.5 Å². The van der Waals surface area contributed by atoms with E-state index in [4.69, 9.17) is 0 Å². The Labute approximate surface area is 179 Å². The molecule has 1 N–H and O–H groups in total. The smallest absolute Gasteiger partial charge is 0.242 e. The minimum Gasteiger partial charge on any atom is -0.325 e. The summed E-state index contributed by atoms with van der Waals surface area (Å²) in [5.74, 6) is 0.560. The fourth-order valence-corrected chi connectivity index (χ4v) is 4.32. The Bertz CT molecular complexity index is 1110. The van der Waals surface area contributed by atoms with Gasteiger partial charge in [-0.2, -0.15) is 0 Å². The number of hydrogen-bond acceptors (Lipinski definition) is 7. The van der Waals surface area contributed by atoms with Crippen LogP contribution in [0.3, 0.4) is 0 Å². The van der Waals surface area contributed by atoms with E-state index in [1.54, 1.807) is 18.3 Å². The summed E-state index contributed by atoms with van der Waals surface area (Å²) in [6.45, 7) is 2.62. The number of carbonyl (C=O) groups excluding carboxylic acids is 1. The number of thioether (sulfide) groups is 1. The monoisotopic (exact) mass is 446 g/mol. The Morgan fingerprint density at radius 3 is 2.47 bits per heavy atom. The molecule has 2 heterocycles. The number of sulfonamides is 1. The molecule has 1 amide bonds. The van der Waals surface area contributed by atoms with E-state index in [9.17, 15) is 13.2 Å². The largest absolute Gasteiger partial charge is 0.325 e. The third-order valence-electron chi connectivity index (χ3n) is 4.18. The molecule has 0 saturated heterocycles. The van der Waals surface area contributed by atoms with Gasteiger partial charge in [-0.15, -0.1) is 10.2 Å². The Morgan fingerprint density at radius 1 is 1.13 bits per heavy atom. The van der Waals surface area contributed by atoms with Crippen molar-refractivity contribution in [2.45, 2.75) is 23.5 Å². The number of aromatic nitrogens is 4. The van der Waals surface area contributed by atoms with Gasteiger partial charge in [0.25, 0.3) is 0 Å². The Hall–Kier alpha value is -2.76. The molecule has 1 aromatic carbocycles. The third kappa shape index (κ3) is 4.86. The zero-order chi connectivity index (χ0) is 21.7. The van der Waals surface area contributed by atoms with Gasteiger partial charge in [0.1, 0.15) is 5.69 Å². The second kappa shape index (κ2) is 9.37. The first kappa shape index (κ1) is 21.9. The number of hydrogen-bond donors (Lipinski definition) is 1. The van der Waals surface area contributed by atoms with Crippen LogP contribution in [0, 0.1) is 0 Å². The van der Waals surface area contributed by atoms with Gasteiger partial charge in [-0.1, -0.05) is 17.8 Å². The summed E-state index contributed by atoms with van der Waals surface area (Å²) in [5, 5.41) is 11.8. The fourth-order valence-electron chi connectivity index (χ4n) is 2.61. The molecular formula is C19H22N6O3S2. The van der Waals surface area contributed by atoms with Crippen LogP contribution in [0.5, 0.6) is 0 Å². The van der Waals surface area contributed by atoms with Gasteiger partial charge in [0.05, 0.1) is 10.6 Å². The highest BCUT2D eigenvalue weighted by atomic mass is 32.2. The molecule has 0 bridgehead atoms. The van der Waals surface area contributed by atoms with Crippen LogP contribution < -0.4 is 5.32 Å². The normalized spacial score (nSPS) is 11.6. The molecule has 0 spiro atoms. The summed E-state index contributed by atoms with van der Waals surface area (Å²) in [7, 11) is -0.566. The molecule has 0 unspecified atom stereocenters. The molecule has 0 aliphatic carbocycles. The maximum Gasteiger partial charge on any atom is 0.242 e. The average molecular weight is 447 g/mol. The van der Waals surface area contributed by atoms with Crippen molar-refractivity contribution in [1.82, 2.24) is 24.1 Å². The van der Waals surface area contributed by atoms with Crippen molar-refractivity contribution in [3.8, 4) is 11.5 Å². The fraction of sp³-hybridized carbons (Fsp3) is 0.263. The second-order valence-electron chi connectivity index (χ2n) is 6.41. The number of amides is 1. The summed E-state index contributed by atoms with van der Waals surface area (Å²) in [6.07, 6.45) is 1.69. The minimum absolute atomic E-state index is 0.137. The van der Waals surface area contributed by atoms with Crippen molar-refractivity contribution in [3.05, 3.63) is 48.7 Å². The highest BCUT2D eigenvalue weighted by molar-refractivity contribution is 7.99. The van der Waals surface area contributed by atoms with Gasteiger partial charge in [-0.3, -0.25) is 9.78 Å². The lowest BCUT2D eigenvalue weighted by Gasteiger charge is -2.12. The molecule has 9 nitrogen and oxygen atoms in total. The van der Waals surface area contributed by atoms with Crippen LogP contribution in [-0.2, 0) is 21.4 Å². The van der Waals surface area contributed by atoms with Gasteiger partial charge in [0.15, 0.2) is 11.0 Å². The van der Waals surface area contributed by atoms with Gasteiger partial charge in [-0.05, 0) is 43.3 Å². The standard InChI is InChI=1S/C19H22N6O3S2/c1-4-25-18(16-7-5-6-12-20-16)22-23-19(25)29-13-17(26)21-14-8-10-15(11-9-14)30(27,28)24(2)3/h5-12H,4,13H2,1-3H3,(H,21,26). The molecule has 0 aliphatic heterocycles. The van der Waals surface area contributed by atoms with Crippen molar-refractivity contribution in [1.29, 1.82) is 0 Å². The minimum atomic E-state index is -3.50. The first-order chi connectivity index (χ1) is 14.3. The molecule has 11 heteroatoms. The first-order valence-corrected chi connectivity index (χ1v) is 11.6. The number of anilines is 1. The van der Waals surface area contributed by atoms with E-state index in [-0.39, 0.29) is 16.6 Å². The molecule has 0 radical (unpaired) electrons. The lowest BCUT2D eigenvalue weighted by atomic mass is 10.3. The number of pyridine rings is 1. The predicted octanol–water partition coefficient (Wildman–Crippen LogP) is 2.34. The van der Waals surface area contributed by atoms with Crippen molar-refractivity contribution in [2.75, 3.05) is 25.2 Å². The van der Waals surface area contributed by atoms with Gasteiger partial charge in [0, 0.05) is 32.5 Å². The number of rotatable bonds is 8. The summed E-state index contributed by atoms with van der Waals surface area (Å²) >= 11 is 1.27. The van der Waals surface area contributed by atoms with Crippen LogP contribution in [-0.4, -0.2) is 58.2 Å². The van der Waals surface area contributed by atoms with E-state index in [2.05, 4.69) is 20.5 Å². The maximum atomic E-state index is 12.3. The zero-order valence-electron chi connectivity index (χ0n) is 16.8. The van der Waals surface area contributed by atoms with Crippen LogP contribution in [0.4, 0.5) is 5.69 Å². The Kier molecular flexibility index (Phi) is 6.85. The number of benzene rings is 1. The van der Waals surface area contributed by atoms with Crippen molar-refractivity contribution < 1.29 is 13.2 Å². The summed E-state index contributed by atoms with van der Waals surface area (Å²) in [6, 6.07) is 11.6. The van der Waals surface area contributed by atoms with Crippen LogP contribution in [0.15, 0.2) is 58.7 Å². The quantitative estimate of drug-likeness (QED) is 0.529. The summed E-state index contributed by atoms with van der Waals surface area (Å²) in [5.41, 5.74) is 1.24. The van der Waals surface area contributed by atoms with Gasteiger partial charge >= 0.3 is 0 Å². The number of nitrogens with zero attached hydrogens (tertiary/aromatic N) is 5. The van der Waals surface area contributed by atoms with E-state index in [0.29, 0.717) is 23.2 Å². The molecule has 0 atom stereocenters. The molecule has 0 aliphatic rings. The van der Waals surface area contributed by atoms with E-state index >= 15 is 0 Å². The molecule has 3 aromatic rings. The maximum absolute atomic E-state index is 12.3. The molecule has 158 valence electrons. The van der Waals surface area contributed by atoms with Gasteiger partial charge in [-0.25, -0.2) is 12.7 Å². The van der Waals surface area contributed by atoms with Crippen LogP contribution in [0.2, 0.25) is 0 Å². The van der Waals surface area contributed by atoms with Gasteiger partial charge in [0.2, 0.25) is 15.9 Å².